The first kappa shape index (κ1) is 7.76. The fourth-order valence-electron chi connectivity index (χ4n) is 0.579. The van der Waals surface area contributed by atoms with Crippen LogP contribution < -0.4 is 0 Å². The Bertz CT molecular complexity index is 183. The third-order valence-corrected chi connectivity index (χ3v) is 3.05. The van der Waals surface area contributed by atoms with Crippen molar-refractivity contribution in [3.8, 4) is 0 Å². The quantitative estimate of drug-likeness (QED) is 0.722. The lowest BCUT2D eigenvalue weighted by atomic mass is 10.4. The standard InChI is InChI=1S/C6H6Br2S/c7-4-3-5-1-2-6(8)9-5/h1-2H,3-4H2. The second-order valence-electron chi connectivity index (χ2n) is 1.64. The molecule has 0 aromatic carbocycles. The SMILES string of the molecule is BrCCc1ccc(Br)s1. The Balaban J connectivity index is 2.61. The highest BCUT2D eigenvalue weighted by Crippen LogP contribution is 2.22. The zero-order chi connectivity index (χ0) is 6.69. The van der Waals surface area contributed by atoms with Gasteiger partial charge in [0.1, 0.15) is 0 Å². The minimum atomic E-state index is 1.06. The molecule has 0 fully saturated rings. The Kier molecular flexibility index (Phi) is 3.22. The van der Waals surface area contributed by atoms with Crippen molar-refractivity contribution < 1.29 is 0 Å². The van der Waals surface area contributed by atoms with Crippen LogP contribution in [0.15, 0.2) is 15.9 Å². The van der Waals surface area contributed by atoms with Gasteiger partial charge in [-0.15, -0.1) is 11.3 Å². The molecule has 0 radical (unpaired) electrons. The molecular formula is C6H6Br2S. The first-order valence-electron chi connectivity index (χ1n) is 2.63. The van der Waals surface area contributed by atoms with Crippen molar-refractivity contribution in [2.45, 2.75) is 6.42 Å². The molecule has 0 unspecified atom stereocenters. The first-order chi connectivity index (χ1) is 4.33. The summed E-state index contributed by atoms with van der Waals surface area (Å²) in [5.41, 5.74) is 0. The van der Waals surface area contributed by atoms with E-state index in [0.717, 1.165) is 11.8 Å². The molecule has 0 N–H and O–H groups in total. The summed E-state index contributed by atoms with van der Waals surface area (Å²) in [6.07, 6.45) is 1.14. The second kappa shape index (κ2) is 3.74. The lowest BCUT2D eigenvalue weighted by molar-refractivity contribution is 1.22. The Morgan fingerprint density at radius 1 is 1.44 bits per heavy atom. The van der Waals surface area contributed by atoms with Crippen molar-refractivity contribution in [2.24, 2.45) is 0 Å². The molecule has 1 heterocycles. The number of hydrogen-bond donors (Lipinski definition) is 0. The average Bonchev–Trinajstić information content (AvgIpc) is 2.17. The van der Waals surface area contributed by atoms with Crippen LogP contribution in [-0.2, 0) is 6.42 Å². The molecule has 0 amide bonds. The summed E-state index contributed by atoms with van der Waals surface area (Å²) in [5, 5.41) is 1.06. The molecule has 0 saturated carbocycles. The molecule has 0 aliphatic rings. The maximum Gasteiger partial charge on any atom is 0.0701 e. The Morgan fingerprint density at radius 3 is 2.67 bits per heavy atom. The minimum absolute atomic E-state index is 1.06. The Hall–Kier alpha value is 0.660. The van der Waals surface area contributed by atoms with E-state index in [1.165, 1.54) is 8.66 Å². The number of aryl methyl sites for hydroxylation is 1. The summed E-state index contributed by atoms with van der Waals surface area (Å²) < 4.78 is 1.22. The van der Waals surface area contributed by atoms with Crippen molar-refractivity contribution in [1.29, 1.82) is 0 Å². The first-order valence-corrected chi connectivity index (χ1v) is 5.36. The molecule has 0 aliphatic heterocycles. The van der Waals surface area contributed by atoms with E-state index in [-0.39, 0.29) is 0 Å². The Labute approximate surface area is 75.5 Å². The second-order valence-corrected chi connectivity index (χ2v) is 4.99. The van der Waals surface area contributed by atoms with Crippen molar-refractivity contribution in [2.75, 3.05) is 5.33 Å². The molecule has 0 saturated heterocycles. The summed E-state index contributed by atoms with van der Waals surface area (Å²) >= 11 is 8.59. The van der Waals surface area contributed by atoms with E-state index in [1.807, 2.05) is 0 Å². The minimum Gasteiger partial charge on any atom is -0.133 e. The average molecular weight is 270 g/mol. The highest BCUT2D eigenvalue weighted by Gasteiger charge is 1.94. The normalized spacial score (nSPS) is 10.0. The van der Waals surface area contributed by atoms with E-state index in [4.69, 9.17) is 0 Å². The molecule has 0 bridgehead atoms. The van der Waals surface area contributed by atoms with Crippen molar-refractivity contribution in [3.05, 3.63) is 20.8 Å². The maximum atomic E-state index is 3.41. The highest BCUT2D eigenvalue weighted by atomic mass is 79.9. The van der Waals surface area contributed by atoms with Gasteiger partial charge in [0.05, 0.1) is 3.79 Å². The molecule has 0 atom stereocenters. The van der Waals surface area contributed by atoms with Crippen LogP contribution in [0.4, 0.5) is 0 Å². The maximum absolute atomic E-state index is 3.41. The van der Waals surface area contributed by atoms with Gasteiger partial charge in [-0.3, -0.25) is 0 Å². The van der Waals surface area contributed by atoms with Crippen molar-refractivity contribution >= 4 is 43.2 Å². The smallest absolute Gasteiger partial charge is 0.0701 e. The van der Waals surface area contributed by atoms with Crippen LogP contribution in [0.5, 0.6) is 0 Å². The third-order valence-electron chi connectivity index (χ3n) is 0.970. The molecule has 0 nitrogen and oxygen atoms in total. The van der Waals surface area contributed by atoms with Crippen molar-refractivity contribution in [3.63, 3.8) is 0 Å². The van der Waals surface area contributed by atoms with E-state index in [1.54, 1.807) is 11.3 Å². The summed E-state index contributed by atoms with van der Waals surface area (Å²) in [5.74, 6) is 0. The van der Waals surface area contributed by atoms with Crippen LogP contribution in [-0.4, -0.2) is 5.33 Å². The van der Waals surface area contributed by atoms with Crippen LogP contribution in [0, 0.1) is 0 Å². The van der Waals surface area contributed by atoms with Crippen LogP contribution in [0.25, 0.3) is 0 Å². The predicted octanol–water partition coefficient (Wildman–Crippen LogP) is 3.45. The van der Waals surface area contributed by atoms with Crippen LogP contribution in [0.1, 0.15) is 4.88 Å². The summed E-state index contributed by atoms with van der Waals surface area (Å²) in [6, 6.07) is 4.23. The van der Waals surface area contributed by atoms with Crippen LogP contribution in [0.2, 0.25) is 0 Å². The molecule has 3 heteroatoms. The van der Waals surface area contributed by atoms with E-state index < -0.39 is 0 Å². The van der Waals surface area contributed by atoms with Crippen molar-refractivity contribution in [1.82, 2.24) is 0 Å². The van der Waals surface area contributed by atoms with Gasteiger partial charge in [0, 0.05) is 10.2 Å². The van der Waals surface area contributed by atoms with Gasteiger partial charge in [-0.25, -0.2) is 0 Å². The van der Waals surface area contributed by atoms with Gasteiger partial charge in [-0.1, -0.05) is 15.9 Å². The monoisotopic (exact) mass is 268 g/mol. The third kappa shape index (κ3) is 2.40. The largest absolute Gasteiger partial charge is 0.133 e. The zero-order valence-electron chi connectivity index (χ0n) is 4.73. The van der Waals surface area contributed by atoms with Gasteiger partial charge >= 0.3 is 0 Å². The lowest BCUT2D eigenvalue weighted by Gasteiger charge is -1.85. The fourth-order valence-corrected chi connectivity index (χ4v) is 2.75. The van der Waals surface area contributed by atoms with Gasteiger partial charge in [0.15, 0.2) is 0 Å². The van der Waals surface area contributed by atoms with E-state index in [2.05, 4.69) is 44.0 Å². The van der Waals surface area contributed by atoms with Gasteiger partial charge in [0.25, 0.3) is 0 Å². The number of rotatable bonds is 2. The summed E-state index contributed by atoms with van der Waals surface area (Å²) in [4.78, 5) is 1.43. The molecule has 1 rings (SSSR count). The molecule has 50 valence electrons. The molecule has 1 aromatic rings. The number of halogens is 2. The molecule has 9 heavy (non-hydrogen) atoms. The molecule has 1 aromatic heterocycles. The molecule has 0 spiro atoms. The summed E-state index contributed by atoms with van der Waals surface area (Å²) in [6.45, 7) is 0. The zero-order valence-corrected chi connectivity index (χ0v) is 8.72. The van der Waals surface area contributed by atoms with Gasteiger partial charge in [0.2, 0.25) is 0 Å². The van der Waals surface area contributed by atoms with Gasteiger partial charge < -0.3 is 0 Å². The summed E-state index contributed by atoms with van der Waals surface area (Å²) in [7, 11) is 0. The van der Waals surface area contributed by atoms with Crippen LogP contribution in [0.3, 0.4) is 0 Å². The topological polar surface area (TPSA) is 0 Å². The van der Waals surface area contributed by atoms with Crippen LogP contribution >= 0.6 is 43.2 Å². The van der Waals surface area contributed by atoms with E-state index in [0.29, 0.717) is 0 Å². The van der Waals surface area contributed by atoms with E-state index >= 15 is 0 Å². The molecule has 0 aliphatic carbocycles. The number of hydrogen-bond acceptors (Lipinski definition) is 1. The lowest BCUT2D eigenvalue weighted by Crippen LogP contribution is -1.76. The van der Waals surface area contributed by atoms with Gasteiger partial charge in [-0.05, 0) is 34.5 Å². The number of alkyl halides is 1. The Morgan fingerprint density at radius 2 is 2.22 bits per heavy atom. The van der Waals surface area contributed by atoms with Gasteiger partial charge in [-0.2, -0.15) is 0 Å². The number of thiophene rings is 1. The van der Waals surface area contributed by atoms with E-state index in [9.17, 15) is 0 Å². The fraction of sp³-hybridized carbons (Fsp3) is 0.333. The predicted molar refractivity (Wildman–Crippen MR) is 49.5 cm³/mol. The molecular weight excluding hydrogens is 264 g/mol. The highest BCUT2D eigenvalue weighted by molar-refractivity contribution is 9.11.